The van der Waals surface area contributed by atoms with Crippen LogP contribution in [0, 0.1) is 0 Å². The summed E-state index contributed by atoms with van der Waals surface area (Å²) >= 11 is 0. The molecule has 0 aromatic rings. The van der Waals surface area contributed by atoms with Gasteiger partial charge >= 0.3 is 6.18 Å². The van der Waals surface area contributed by atoms with Gasteiger partial charge in [0.1, 0.15) is 0 Å². The predicted octanol–water partition coefficient (Wildman–Crippen LogP) is 2.01. The number of hydrogen-bond acceptors (Lipinski definition) is 2. The van der Waals surface area contributed by atoms with Crippen LogP contribution in [0.4, 0.5) is 13.2 Å². The second kappa shape index (κ2) is 5.16. The first-order chi connectivity index (χ1) is 6.92. The Bertz CT molecular complexity index is 190. The van der Waals surface area contributed by atoms with Crippen molar-refractivity contribution in [3.8, 4) is 0 Å². The molecule has 0 aromatic carbocycles. The second-order valence-corrected chi connectivity index (χ2v) is 4.23. The molecular weight excluding hydrogens is 205 g/mol. The average Bonchev–Trinajstić information content (AvgIpc) is 2.82. The van der Waals surface area contributed by atoms with Crippen molar-refractivity contribution in [3.63, 3.8) is 0 Å². The maximum atomic E-state index is 12.3. The van der Waals surface area contributed by atoms with Crippen molar-refractivity contribution in [1.29, 1.82) is 0 Å². The van der Waals surface area contributed by atoms with Crippen molar-refractivity contribution in [1.82, 2.24) is 10.2 Å². The second-order valence-electron chi connectivity index (χ2n) is 4.23. The van der Waals surface area contributed by atoms with Crippen molar-refractivity contribution in [2.45, 2.75) is 44.9 Å². The van der Waals surface area contributed by atoms with Crippen molar-refractivity contribution in [2.24, 2.45) is 0 Å². The summed E-state index contributed by atoms with van der Waals surface area (Å²) in [6.45, 7) is 4.40. The van der Waals surface area contributed by atoms with Gasteiger partial charge in [-0.05, 0) is 26.3 Å². The number of halogens is 3. The van der Waals surface area contributed by atoms with Crippen LogP contribution in [0.2, 0.25) is 0 Å². The summed E-state index contributed by atoms with van der Waals surface area (Å²) in [6.07, 6.45) is -2.25. The normalized spacial score (nSPS) is 19.6. The van der Waals surface area contributed by atoms with E-state index in [2.05, 4.69) is 5.32 Å². The van der Waals surface area contributed by atoms with Crippen molar-refractivity contribution in [2.75, 3.05) is 19.6 Å². The molecule has 0 radical (unpaired) electrons. The van der Waals surface area contributed by atoms with Crippen molar-refractivity contribution in [3.05, 3.63) is 0 Å². The Hall–Kier alpha value is -0.290. The highest BCUT2D eigenvalue weighted by molar-refractivity contribution is 4.87. The lowest BCUT2D eigenvalue weighted by Gasteiger charge is -2.26. The third kappa shape index (κ3) is 5.37. The molecule has 0 heterocycles. The molecule has 1 N–H and O–H groups in total. The topological polar surface area (TPSA) is 15.3 Å². The summed E-state index contributed by atoms with van der Waals surface area (Å²) in [5, 5.41) is 3.14. The molecule has 1 saturated carbocycles. The fourth-order valence-corrected chi connectivity index (χ4v) is 1.78. The zero-order valence-electron chi connectivity index (χ0n) is 9.27. The molecule has 2 nitrogen and oxygen atoms in total. The van der Waals surface area contributed by atoms with E-state index in [1.807, 2.05) is 13.8 Å². The third-order valence-electron chi connectivity index (χ3n) is 2.51. The summed E-state index contributed by atoms with van der Waals surface area (Å²) in [7, 11) is 0. The molecular formula is C10H19F3N2. The third-order valence-corrected chi connectivity index (χ3v) is 2.51. The quantitative estimate of drug-likeness (QED) is 0.742. The first kappa shape index (κ1) is 12.8. The van der Waals surface area contributed by atoms with Gasteiger partial charge in [-0.1, -0.05) is 6.92 Å². The Morgan fingerprint density at radius 1 is 1.40 bits per heavy atom. The number of hydrogen-bond donors (Lipinski definition) is 1. The van der Waals surface area contributed by atoms with Crippen molar-refractivity contribution >= 4 is 0 Å². The van der Waals surface area contributed by atoms with Crippen molar-refractivity contribution < 1.29 is 13.2 Å². The van der Waals surface area contributed by atoms with E-state index in [9.17, 15) is 13.2 Å². The summed E-state index contributed by atoms with van der Waals surface area (Å²) in [5.74, 6) is 0. The van der Waals surface area contributed by atoms with Crippen LogP contribution in [0.15, 0.2) is 0 Å². The van der Waals surface area contributed by atoms with Gasteiger partial charge in [-0.2, -0.15) is 13.2 Å². The summed E-state index contributed by atoms with van der Waals surface area (Å²) in [6, 6.07) is 0.283. The lowest BCUT2D eigenvalue weighted by atomic mass is 10.3. The lowest BCUT2D eigenvalue weighted by molar-refractivity contribution is -0.147. The van der Waals surface area contributed by atoms with Gasteiger partial charge in [0, 0.05) is 18.6 Å². The van der Waals surface area contributed by atoms with E-state index in [4.69, 9.17) is 0 Å². The smallest absolute Gasteiger partial charge is 0.313 e. The van der Waals surface area contributed by atoms with Gasteiger partial charge in [0.05, 0.1) is 6.54 Å². The van der Waals surface area contributed by atoms with Crippen LogP contribution in [0.1, 0.15) is 26.7 Å². The molecule has 1 rings (SSSR count). The van der Waals surface area contributed by atoms with Crippen LogP contribution < -0.4 is 5.32 Å². The molecule has 0 aromatic heterocycles. The SMILES string of the molecule is CCNC(C)CN(CC(F)(F)F)C1CC1. The van der Waals surface area contributed by atoms with E-state index < -0.39 is 12.7 Å². The summed E-state index contributed by atoms with van der Waals surface area (Å²) in [5.41, 5.74) is 0. The Morgan fingerprint density at radius 2 is 2.00 bits per heavy atom. The molecule has 0 aliphatic heterocycles. The summed E-state index contributed by atoms with van der Waals surface area (Å²) in [4.78, 5) is 1.55. The van der Waals surface area contributed by atoms with Crippen LogP contribution in [0.3, 0.4) is 0 Å². The minimum atomic E-state index is -4.07. The van der Waals surface area contributed by atoms with Gasteiger partial charge in [0.15, 0.2) is 0 Å². The number of alkyl halides is 3. The monoisotopic (exact) mass is 224 g/mol. The van der Waals surface area contributed by atoms with Crippen LogP contribution in [0.5, 0.6) is 0 Å². The molecule has 0 bridgehead atoms. The molecule has 90 valence electrons. The van der Waals surface area contributed by atoms with Gasteiger partial charge in [-0.15, -0.1) is 0 Å². The van der Waals surface area contributed by atoms with Gasteiger partial charge in [-0.25, -0.2) is 0 Å². The van der Waals surface area contributed by atoms with Gasteiger partial charge in [0.25, 0.3) is 0 Å². The number of likely N-dealkylation sites (N-methyl/N-ethyl adjacent to an activating group) is 1. The average molecular weight is 224 g/mol. The molecule has 5 heteroatoms. The van der Waals surface area contributed by atoms with E-state index in [0.29, 0.717) is 6.54 Å². The maximum absolute atomic E-state index is 12.3. The molecule has 0 spiro atoms. The number of nitrogens with zero attached hydrogens (tertiary/aromatic N) is 1. The first-order valence-corrected chi connectivity index (χ1v) is 5.46. The van der Waals surface area contributed by atoms with E-state index in [1.165, 1.54) is 0 Å². The highest BCUT2D eigenvalue weighted by Gasteiger charge is 2.38. The summed E-state index contributed by atoms with van der Waals surface area (Å²) < 4.78 is 36.8. The fraction of sp³-hybridized carbons (Fsp3) is 1.00. The van der Waals surface area contributed by atoms with Crippen LogP contribution in [0.25, 0.3) is 0 Å². The molecule has 1 unspecified atom stereocenters. The van der Waals surface area contributed by atoms with Crippen LogP contribution in [-0.2, 0) is 0 Å². The highest BCUT2D eigenvalue weighted by atomic mass is 19.4. The number of rotatable bonds is 6. The molecule has 1 aliphatic carbocycles. The Labute approximate surface area is 88.8 Å². The maximum Gasteiger partial charge on any atom is 0.401 e. The Kier molecular flexibility index (Phi) is 4.40. The van der Waals surface area contributed by atoms with Gasteiger partial charge in [0.2, 0.25) is 0 Å². The molecule has 0 amide bonds. The van der Waals surface area contributed by atoms with Gasteiger partial charge in [-0.3, -0.25) is 4.90 Å². The molecule has 1 fully saturated rings. The predicted molar refractivity (Wildman–Crippen MR) is 53.8 cm³/mol. The van der Waals surface area contributed by atoms with Crippen LogP contribution in [-0.4, -0.2) is 42.8 Å². The zero-order chi connectivity index (χ0) is 11.5. The number of nitrogens with one attached hydrogen (secondary N) is 1. The van der Waals surface area contributed by atoms with E-state index in [1.54, 1.807) is 4.90 Å². The Balaban J connectivity index is 2.37. The molecule has 15 heavy (non-hydrogen) atoms. The molecule has 0 saturated heterocycles. The highest BCUT2D eigenvalue weighted by Crippen LogP contribution is 2.29. The fourth-order valence-electron chi connectivity index (χ4n) is 1.78. The molecule has 1 aliphatic rings. The van der Waals surface area contributed by atoms with Crippen LogP contribution >= 0.6 is 0 Å². The molecule has 1 atom stereocenters. The minimum Gasteiger partial charge on any atom is -0.313 e. The zero-order valence-corrected chi connectivity index (χ0v) is 9.27. The van der Waals surface area contributed by atoms with Gasteiger partial charge < -0.3 is 5.32 Å². The lowest BCUT2D eigenvalue weighted by Crippen LogP contribution is -2.44. The van der Waals surface area contributed by atoms with E-state index in [-0.39, 0.29) is 12.1 Å². The standard InChI is InChI=1S/C10H19F3N2/c1-3-14-8(2)6-15(9-4-5-9)7-10(11,12)13/h8-9,14H,3-7H2,1-2H3. The Morgan fingerprint density at radius 3 is 2.40 bits per heavy atom. The largest absolute Gasteiger partial charge is 0.401 e. The van der Waals surface area contributed by atoms with E-state index >= 15 is 0 Å². The minimum absolute atomic E-state index is 0.123. The first-order valence-electron chi connectivity index (χ1n) is 5.46. The van der Waals surface area contributed by atoms with E-state index in [0.717, 1.165) is 19.4 Å².